The number of hydrogen-bond acceptors (Lipinski definition) is 2. The molecule has 0 aromatic heterocycles. The summed E-state index contributed by atoms with van der Waals surface area (Å²) in [4.78, 5) is 0. The lowest BCUT2D eigenvalue weighted by molar-refractivity contribution is -0.0583. The van der Waals surface area contributed by atoms with Crippen molar-refractivity contribution in [1.82, 2.24) is 5.32 Å². The van der Waals surface area contributed by atoms with Crippen LogP contribution in [0.2, 0.25) is 0 Å². The fraction of sp³-hybridized carbons (Fsp3) is 0.500. The molecule has 1 aromatic rings. The molecule has 1 aliphatic heterocycles. The Labute approximate surface area is 89.4 Å². The van der Waals surface area contributed by atoms with Gasteiger partial charge in [0.1, 0.15) is 5.82 Å². The minimum Gasteiger partial charge on any atom is -0.379 e. The molecule has 2 nitrogen and oxygen atoms in total. The molecule has 1 fully saturated rings. The molecule has 1 saturated heterocycles. The summed E-state index contributed by atoms with van der Waals surface area (Å²) in [6, 6.07) is 5.33. The summed E-state index contributed by atoms with van der Waals surface area (Å²) >= 11 is 0. The average molecular weight is 209 g/mol. The molecule has 0 aliphatic carbocycles. The van der Waals surface area contributed by atoms with Crippen LogP contribution >= 0.6 is 0 Å². The van der Waals surface area contributed by atoms with E-state index in [1.807, 2.05) is 19.2 Å². The number of rotatable bonds is 3. The number of halogens is 1. The summed E-state index contributed by atoms with van der Waals surface area (Å²) < 4.78 is 18.4. The zero-order valence-corrected chi connectivity index (χ0v) is 9.14. The van der Waals surface area contributed by atoms with E-state index in [1.165, 1.54) is 5.56 Å². The highest BCUT2D eigenvalue weighted by Crippen LogP contribution is 2.32. The Morgan fingerprint density at radius 3 is 2.67 bits per heavy atom. The lowest BCUT2D eigenvalue weighted by Gasteiger charge is -2.42. The zero-order chi connectivity index (χ0) is 10.9. The third kappa shape index (κ3) is 1.77. The quantitative estimate of drug-likeness (QED) is 0.816. The Balaban J connectivity index is 2.30. The van der Waals surface area contributed by atoms with Gasteiger partial charge in [0, 0.05) is 6.54 Å². The first-order valence-corrected chi connectivity index (χ1v) is 5.17. The molecule has 1 aromatic carbocycles. The predicted molar refractivity (Wildman–Crippen MR) is 57.6 cm³/mol. The van der Waals surface area contributed by atoms with E-state index in [2.05, 4.69) is 5.32 Å². The van der Waals surface area contributed by atoms with Gasteiger partial charge >= 0.3 is 0 Å². The molecule has 1 aliphatic rings. The second-order valence-electron chi connectivity index (χ2n) is 4.27. The van der Waals surface area contributed by atoms with Gasteiger partial charge in [0.05, 0.1) is 18.6 Å². The fourth-order valence-corrected chi connectivity index (χ4v) is 2.03. The first-order valence-electron chi connectivity index (χ1n) is 5.17. The Morgan fingerprint density at radius 1 is 1.47 bits per heavy atom. The highest BCUT2D eigenvalue weighted by Gasteiger charge is 2.39. The van der Waals surface area contributed by atoms with E-state index in [-0.39, 0.29) is 11.2 Å². The van der Waals surface area contributed by atoms with Crippen LogP contribution in [0, 0.1) is 12.7 Å². The predicted octanol–water partition coefficient (Wildman–Crippen LogP) is 1.62. The summed E-state index contributed by atoms with van der Waals surface area (Å²) in [5.41, 5.74) is 1.92. The van der Waals surface area contributed by atoms with E-state index in [0.717, 1.165) is 19.8 Å². The number of aryl methyl sites for hydroxylation is 1. The molecule has 0 bridgehead atoms. The van der Waals surface area contributed by atoms with E-state index in [4.69, 9.17) is 4.74 Å². The molecule has 1 N–H and O–H groups in total. The second kappa shape index (κ2) is 3.91. The van der Waals surface area contributed by atoms with Crippen molar-refractivity contribution < 1.29 is 9.13 Å². The second-order valence-corrected chi connectivity index (χ2v) is 4.27. The van der Waals surface area contributed by atoms with Crippen LogP contribution in [-0.4, -0.2) is 26.8 Å². The van der Waals surface area contributed by atoms with E-state index < -0.39 is 0 Å². The number of benzene rings is 1. The van der Waals surface area contributed by atoms with Crippen LogP contribution in [0.1, 0.15) is 11.1 Å². The van der Waals surface area contributed by atoms with Crippen molar-refractivity contribution in [3.8, 4) is 0 Å². The van der Waals surface area contributed by atoms with Crippen LogP contribution in [0.3, 0.4) is 0 Å². The molecule has 82 valence electrons. The summed E-state index contributed by atoms with van der Waals surface area (Å²) in [5.74, 6) is -0.140. The van der Waals surface area contributed by atoms with Gasteiger partial charge in [0.2, 0.25) is 0 Å². The molecular formula is C12H16FNO. The van der Waals surface area contributed by atoms with Gasteiger partial charge in [0.15, 0.2) is 0 Å². The van der Waals surface area contributed by atoms with Crippen molar-refractivity contribution in [1.29, 1.82) is 0 Å². The summed E-state index contributed by atoms with van der Waals surface area (Å²) in [6.45, 7) is 4.11. The standard InChI is InChI=1S/C12H16FNO/c1-9-5-10(3-4-11(9)13)12(6-14-2)7-15-8-12/h3-5,14H,6-8H2,1-2H3. The molecule has 15 heavy (non-hydrogen) atoms. The number of nitrogens with one attached hydrogen (secondary N) is 1. The minimum absolute atomic E-state index is 0.0488. The highest BCUT2D eigenvalue weighted by molar-refractivity contribution is 5.33. The lowest BCUT2D eigenvalue weighted by atomic mass is 9.78. The first kappa shape index (κ1) is 10.6. The monoisotopic (exact) mass is 209 g/mol. The van der Waals surface area contributed by atoms with Crippen molar-refractivity contribution in [3.63, 3.8) is 0 Å². The van der Waals surface area contributed by atoms with Crippen LogP contribution in [0.4, 0.5) is 4.39 Å². The van der Waals surface area contributed by atoms with Crippen molar-refractivity contribution in [2.75, 3.05) is 26.8 Å². The maximum atomic E-state index is 13.1. The van der Waals surface area contributed by atoms with Crippen LogP contribution in [0.5, 0.6) is 0 Å². The van der Waals surface area contributed by atoms with Crippen LogP contribution in [0.25, 0.3) is 0 Å². The van der Waals surface area contributed by atoms with Gasteiger partial charge in [-0.15, -0.1) is 0 Å². The Bertz CT molecular complexity index is 361. The molecule has 0 radical (unpaired) electrons. The van der Waals surface area contributed by atoms with E-state index in [0.29, 0.717) is 5.56 Å². The maximum Gasteiger partial charge on any atom is 0.126 e. The molecule has 2 rings (SSSR count). The molecule has 0 unspecified atom stereocenters. The molecule has 0 spiro atoms. The average Bonchev–Trinajstić information content (AvgIpc) is 2.16. The molecule has 0 amide bonds. The van der Waals surface area contributed by atoms with Crippen LogP contribution < -0.4 is 5.32 Å². The summed E-state index contributed by atoms with van der Waals surface area (Å²) in [6.07, 6.45) is 0. The normalized spacial score (nSPS) is 18.6. The minimum atomic E-state index is -0.140. The molecular weight excluding hydrogens is 193 g/mol. The fourth-order valence-electron chi connectivity index (χ4n) is 2.03. The summed E-state index contributed by atoms with van der Waals surface area (Å²) in [7, 11) is 1.93. The van der Waals surface area contributed by atoms with Crippen molar-refractivity contribution >= 4 is 0 Å². The topological polar surface area (TPSA) is 21.3 Å². The van der Waals surface area contributed by atoms with Gasteiger partial charge in [-0.25, -0.2) is 4.39 Å². The van der Waals surface area contributed by atoms with E-state index in [9.17, 15) is 4.39 Å². The molecule has 0 saturated carbocycles. The number of hydrogen-bond donors (Lipinski definition) is 1. The van der Waals surface area contributed by atoms with Crippen LogP contribution in [-0.2, 0) is 10.2 Å². The molecule has 3 heteroatoms. The number of ether oxygens (including phenoxy) is 1. The smallest absolute Gasteiger partial charge is 0.126 e. The Morgan fingerprint density at radius 2 is 2.20 bits per heavy atom. The first-order chi connectivity index (χ1) is 7.18. The molecule has 1 heterocycles. The highest BCUT2D eigenvalue weighted by atomic mass is 19.1. The van der Waals surface area contributed by atoms with Gasteiger partial charge < -0.3 is 10.1 Å². The van der Waals surface area contributed by atoms with Gasteiger partial charge in [-0.1, -0.05) is 12.1 Å². The summed E-state index contributed by atoms with van der Waals surface area (Å²) in [5, 5.41) is 3.17. The van der Waals surface area contributed by atoms with E-state index >= 15 is 0 Å². The Kier molecular flexibility index (Phi) is 2.76. The zero-order valence-electron chi connectivity index (χ0n) is 9.14. The van der Waals surface area contributed by atoms with Crippen molar-refractivity contribution in [2.45, 2.75) is 12.3 Å². The number of likely N-dealkylation sites (N-methyl/N-ethyl adjacent to an activating group) is 1. The van der Waals surface area contributed by atoms with Gasteiger partial charge in [0.25, 0.3) is 0 Å². The van der Waals surface area contributed by atoms with Gasteiger partial charge in [-0.05, 0) is 31.2 Å². The largest absolute Gasteiger partial charge is 0.379 e. The molecule has 0 atom stereocenters. The van der Waals surface area contributed by atoms with Crippen LogP contribution in [0.15, 0.2) is 18.2 Å². The van der Waals surface area contributed by atoms with E-state index in [1.54, 1.807) is 13.0 Å². The lowest BCUT2D eigenvalue weighted by Crippen LogP contribution is -2.52. The Hall–Kier alpha value is -0.930. The van der Waals surface area contributed by atoms with Crippen molar-refractivity contribution in [2.24, 2.45) is 0 Å². The van der Waals surface area contributed by atoms with Gasteiger partial charge in [-0.3, -0.25) is 0 Å². The SMILES string of the molecule is CNCC1(c2ccc(F)c(C)c2)COC1. The van der Waals surface area contributed by atoms with Gasteiger partial charge in [-0.2, -0.15) is 0 Å². The third-order valence-electron chi connectivity index (χ3n) is 3.04. The third-order valence-corrected chi connectivity index (χ3v) is 3.04. The van der Waals surface area contributed by atoms with Crippen molar-refractivity contribution in [3.05, 3.63) is 35.1 Å². The maximum absolute atomic E-state index is 13.1.